The van der Waals surface area contributed by atoms with E-state index in [1.807, 2.05) is 13.8 Å². The van der Waals surface area contributed by atoms with Gasteiger partial charge in [0.15, 0.2) is 0 Å². The van der Waals surface area contributed by atoms with Gasteiger partial charge in [-0.25, -0.2) is 0 Å². The number of Topliss-reactive ketones (excluding diaryl/α,β-unsaturated/α-hetero) is 1. The Morgan fingerprint density at radius 1 is 1.55 bits per heavy atom. The molecule has 1 aliphatic rings. The minimum absolute atomic E-state index is 0.168. The zero-order chi connectivity index (χ0) is 8.27. The average Bonchev–Trinajstić information content (AvgIpc) is 2.05. The van der Waals surface area contributed by atoms with E-state index in [9.17, 15) is 4.79 Å². The topological polar surface area (TPSA) is 26.3 Å². The van der Waals surface area contributed by atoms with Crippen LogP contribution in [0, 0.1) is 11.8 Å². The Kier molecular flexibility index (Phi) is 3.06. The molecule has 1 atom stereocenters. The highest BCUT2D eigenvalue weighted by atomic mass is 16.5. The number of ketones is 1. The minimum Gasteiger partial charge on any atom is -0.381 e. The molecular formula is C9H16O2. The van der Waals surface area contributed by atoms with Crippen LogP contribution in [0.3, 0.4) is 0 Å². The van der Waals surface area contributed by atoms with Gasteiger partial charge in [-0.15, -0.1) is 0 Å². The first-order valence-electron chi connectivity index (χ1n) is 4.33. The van der Waals surface area contributed by atoms with Gasteiger partial charge in [-0.1, -0.05) is 13.8 Å². The smallest absolute Gasteiger partial charge is 0.140 e. The Labute approximate surface area is 67.9 Å². The van der Waals surface area contributed by atoms with Crippen molar-refractivity contribution in [3.05, 3.63) is 0 Å². The van der Waals surface area contributed by atoms with E-state index in [1.165, 1.54) is 0 Å². The molecule has 0 aliphatic carbocycles. The van der Waals surface area contributed by atoms with Crippen LogP contribution < -0.4 is 0 Å². The lowest BCUT2D eigenvalue weighted by molar-refractivity contribution is -0.129. The lowest BCUT2D eigenvalue weighted by atomic mass is 9.91. The molecule has 1 heterocycles. The fourth-order valence-electron chi connectivity index (χ4n) is 1.44. The highest BCUT2D eigenvalue weighted by Gasteiger charge is 2.23. The molecule has 0 spiro atoms. The molecule has 0 aromatic heterocycles. The van der Waals surface area contributed by atoms with Crippen molar-refractivity contribution < 1.29 is 9.53 Å². The number of ether oxygens (including phenoxy) is 1. The monoisotopic (exact) mass is 156 g/mol. The van der Waals surface area contributed by atoms with E-state index in [0.717, 1.165) is 19.4 Å². The van der Waals surface area contributed by atoms with Crippen LogP contribution in [0.4, 0.5) is 0 Å². The molecule has 0 aromatic rings. The second kappa shape index (κ2) is 3.86. The van der Waals surface area contributed by atoms with Crippen LogP contribution in [0.5, 0.6) is 0 Å². The third-order valence-electron chi connectivity index (χ3n) is 2.13. The molecule has 1 saturated heterocycles. The van der Waals surface area contributed by atoms with Crippen LogP contribution in [-0.4, -0.2) is 19.0 Å². The summed E-state index contributed by atoms with van der Waals surface area (Å²) >= 11 is 0. The van der Waals surface area contributed by atoms with Gasteiger partial charge in [0.05, 0.1) is 6.61 Å². The molecule has 1 rings (SSSR count). The van der Waals surface area contributed by atoms with Crippen molar-refractivity contribution in [2.75, 3.05) is 13.2 Å². The van der Waals surface area contributed by atoms with E-state index in [4.69, 9.17) is 4.74 Å². The van der Waals surface area contributed by atoms with Gasteiger partial charge in [-0.05, 0) is 12.8 Å². The maximum atomic E-state index is 11.4. The zero-order valence-electron chi connectivity index (χ0n) is 7.30. The fourth-order valence-corrected chi connectivity index (χ4v) is 1.44. The van der Waals surface area contributed by atoms with E-state index in [1.54, 1.807) is 0 Å². The van der Waals surface area contributed by atoms with Crippen LogP contribution >= 0.6 is 0 Å². The van der Waals surface area contributed by atoms with Gasteiger partial charge in [0.25, 0.3) is 0 Å². The number of carbonyl (C=O) groups is 1. The van der Waals surface area contributed by atoms with Gasteiger partial charge >= 0.3 is 0 Å². The van der Waals surface area contributed by atoms with Gasteiger partial charge < -0.3 is 4.74 Å². The average molecular weight is 156 g/mol. The van der Waals surface area contributed by atoms with Crippen LogP contribution in [0.25, 0.3) is 0 Å². The van der Waals surface area contributed by atoms with E-state index in [-0.39, 0.29) is 11.8 Å². The van der Waals surface area contributed by atoms with Crippen LogP contribution in [0.1, 0.15) is 26.7 Å². The van der Waals surface area contributed by atoms with E-state index in [2.05, 4.69) is 0 Å². The Balaban J connectivity index is 2.39. The standard InChI is InChI=1S/C9H16O2/c1-7(2)9(10)8-4-3-5-11-6-8/h7-8H,3-6H2,1-2H3. The van der Waals surface area contributed by atoms with Gasteiger partial charge in [0.1, 0.15) is 5.78 Å². The van der Waals surface area contributed by atoms with Crippen molar-refractivity contribution in [3.8, 4) is 0 Å². The summed E-state index contributed by atoms with van der Waals surface area (Å²) in [4.78, 5) is 11.4. The van der Waals surface area contributed by atoms with Crippen molar-refractivity contribution in [2.45, 2.75) is 26.7 Å². The third kappa shape index (κ3) is 2.29. The second-order valence-corrected chi connectivity index (χ2v) is 3.47. The molecule has 0 radical (unpaired) electrons. The first-order valence-corrected chi connectivity index (χ1v) is 4.33. The Bertz CT molecular complexity index is 134. The summed E-state index contributed by atoms with van der Waals surface area (Å²) in [6, 6.07) is 0. The molecule has 1 fully saturated rings. The molecule has 0 amide bonds. The molecule has 0 aromatic carbocycles. The van der Waals surface area contributed by atoms with Crippen molar-refractivity contribution in [1.29, 1.82) is 0 Å². The molecule has 0 N–H and O–H groups in total. The predicted molar refractivity (Wildman–Crippen MR) is 43.4 cm³/mol. The first-order chi connectivity index (χ1) is 5.22. The van der Waals surface area contributed by atoms with Crippen molar-refractivity contribution in [2.24, 2.45) is 11.8 Å². The lowest BCUT2D eigenvalue weighted by Gasteiger charge is -2.22. The van der Waals surface area contributed by atoms with Crippen molar-refractivity contribution in [3.63, 3.8) is 0 Å². The quantitative estimate of drug-likeness (QED) is 0.607. The van der Waals surface area contributed by atoms with Gasteiger partial charge in [0.2, 0.25) is 0 Å². The first kappa shape index (κ1) is 8.72. The summed E-state index contributed by atoms with van der Waals surface area (Å²) in [5.41, 5.74) is 0. The minimum atomic E-state index is 0.168. The summed E-state index contributed by atoms with van der Waals surface area (Å²) < 4.78 is 5.23. The molecule has 1 aliphatic heterocycles. The van der Waals surface area contributed by atoms with Gasteiger partial charge in [-0.3, -0.25) is 4.79 Å². The SMILES string of the molecule is CC(C)C(=O)C1CCCOC1. The maximum absolute atomic E-state index is 11.4. The molecule has 0 saturated carbocycles. The van der Waals surface area contributed by atoms with E-state index in [0.29, 0.717) is 12.4 Å². The zero-order valence-corrected chi connectivity index (χ0v) is 7.30. The maximum Gasteiger partial charge on any atom is 0.140 e. The number of hydrogen-bond donors (Lipinski definition) is 0. The molecule has 2 heteroatoms. The Hall–Kier alpha value is -0.370. The second-order valence-electron chi connectivity index (χ2n) is 3.47. The molecule has 64 valence electrons. The summed E-state index contributed by atoms with van der Waals surface area (Å²) in [5.74, 6) is 0.718. The van der Waals surface area contributed by atoms with Crippen LogP contribution in [-0.2, 0) is 9.53 Å². The number of hydrogen-bond acceptors (Lipinski definition) is 2. The van der Waals surface area contributed by atoms with Gasteiger partial charge in [-0.2, -0.15) is 0 Å². The normalized spacial score (nSPS) is 25.5. The molecule has 0 bridgehead atoms. The van der Waals surface area contributed by atoms with Gasteiger partial charge in [0, 0.05) is 18.4 Å². The summed E-state index contributed by atoms with van der Waals surface area (Å²) in [7, 11) is 0. The van der Waals surface area contributed by atoms with Crippen LogP contribution in [0.15, 0.2) is 0 Å². The highest BCUT2D eigenvalue weighted by molar-refractivity contribution is 5.82. The summed E-state index contributed by atoms with van der Waals surface area (Å²) in [6.07, 6.45) is 2.07. The largest absolute Gasteiger partial charge is 0.381 e. The summed E-state index contributed by atoms with van der Waals surface area (Å²) in [6.45, 7) is 5.40. The van der Waals surface area contributed by atoms with E-state index < -0.39 is 0 Å². The van der Waals surface area contributed by atoms with Crippen LogP contribution in [0.2, 0.25) is 0 Å². The Morgan fingerprint density at radius 3 is 2.73 bits per heavy atom. The molecule has 1 unspecified atom stereocenters. The number of carbonyl (C=O) groups excluding carboxylic acids is 1. The van der Waals surface area contributed by atoms with Crippen molar-refractivity contribution in [1.82, 2.24) is 0 Å². The molecule has 2 nitrogen and oxygen atoms in total. The molecule has 11 heavy (non-hydrogen) atoms. The molecular weight excluding hydrogens is 140 g/mol. The van der Waals surface area contributed by atoms with E-state index >= 15 is 0 Å². The number of rotatable bonds is 2. The van der Waals surface area contributed by atoms with Crippen molar-refractivity contribution >= 4 is 5.78 Å². The highest BCUT2D eigenvalue weighted by Crippen LogP contribution is 2.17. The third-order valence-corrected chi connectivity index (χ3v) is 2.13. The summed E-state index contributed by atoms with van der Waals surface area (Å²) in [5, 5.41) is 0. The Morgan fingerprint density at radius 2 is 2.27 bits per heavy atom. The predicted octanol–water partition coefficient (Wildman–Crippen LogP) is 1.64. The fraction of sp³-hybridized carbons (Fsp3) is 0.889. The lowest BCUT2D eigenvalue weighted by Crippen LogP contribution is -2.28.